The molecule has 12 nitrogen and oxygen atoms in total. The van der Waals surface area contributed by atoms with Gasteiger partial charge in [0, 0.05) is 23.8 Å². The highest BCUT2D eigenvalue weighted by molar-refractivity contribution is 7.99. The fourth-order valence-electron chi connectivity index (χ4n) is 5.80. The molecule has 1 fully saturated rings. The number of esters is 1. The first-order valence-electron chi connectivity index (χ1n) is 16.8. The molecule has 0 spiro atoms. The first-order chi connectivity index (χ1) is 24.9. The molecule has 3 N–H and O–H groups in total. The van der Waals surface area contributed by atoms with Gasteiger partial charge in [0.15, 0.2) is 6.29 Å². The molecule has 5 aromatic rings. The van der Waals surface area contributed by atoms with E-state index < -0.39 is 18.3 Å². The predicted octanol–water partition coefficient (Wildman–Crippen LogP) is 5.77. The summed E-state index contributed by atoms with van der Waals surface area (Å²) in [5.74, 6) is 0.0778. The molecule has 6 rings (SSSR count). The lowest BCUT2D eigenvalue weighted by molar-refractivity contribution is -0.268. The minimum atomic E-state index is -0.660. The second kappa shape index (κ2) is 17.2. The summed E-state index contributed by atoms with van der Waals surface area (Å²) in [4.78, 5) is 23.8. The number of amides is 2. The number of tetrazole rings is 1. The van der Waals surface area contributed by atoms with Gasteiger partial charge in [0.2, 0.25) is 5.16 Å². The number of para-hydroxylation sites is 1. The monoisotopic (exact) mass is 708 g/mol. The van der Waals surface area contributed by atoms with Crippen molar-refractivity contribution < 1.29 is 28.9 Å². The van der Waals surface area contributed by atoms with Crippen molar-refractivity contribution >= 4 is 23.8 Å². The maximum absolute atomic E-state index is 12.2. The topological polar surface area (TPSA) is 150 Å². The van der Waals surface area contributed by atoms with Crippen molar-refractivity contribution in [3.63, 3.8) is 0 Å². The number of carbonyl (C=O) groups excluding carboxylic acids is 2. The van der Waals surface area contributed by atoms with E-state index in [0.29, 0.717) is 10.9 Å². The minimum absolute atomic E-state index is 0.0170. The Labute approximate surface area is 300 Å². The van der Waals surface area contributed by atoms with Gasteiger partial charge < -0.3 is 30.0 Å². The van der Waals surface area contributed by atoms with Gasteiger partial charge in [0.05, 0.1) is 31.1 Å². The van der Waals surface area contributed by atoms with Crippen molar-refractivity contribution in [1.82, 2.24) is 30.8 Å². The highest BCUT2D eigenvalue weighted by atomic mass is 32.2. The Hall–Kier alpha value is -5.08. The molecule has 4 atom stereocenters. The van der Waals surface area contributed by atoms with Crippen LogP contribution in [0.25, 0.3) is 16.8 Å². The van der Waals surface area contributed by atoms with E-state index in [1.54, 1.807) is 11.6 Å². The van der Waals surface area contributed by atoms with E-state index in [1.807, 2.05) is 97.1 Å². The number of carbonyl (C=O) groups is 2. The summed E-state index contributed by atoms with van der Waals surface area (Å²) in [5.41, 5.74) is 6.38. The van der Waals surface area contributed by atoms with E-state index in [-0.39, 0.29) is 44.4 Å². The lowest BCUT2D eigenvalue weighted by Crippen LogP contribution is -2.38. The van der Waals surface area contributed by atoms with E-state index in [4.69, 9.17) is 14.2 Å². The lowest BCUT2D eigenvalue weighted by Gasteiger charge is -2.41. The number of benzene rings is 4. The summed E-state index contributed by atoms with van der Waals surface area (Å²) >= 11 is 1.53. The van der Waals surface area contributed by atoms with E-state index in [2.05, 4.69) is 39.1 Å². The predicted molar refractivity (Wildman–Crippen MR) is 192 cm³/mol. The third kappa shape index (κ3) is 9.18. The molecule has 1 saturated heterocycles. The number of urea groups is 1. The lowest BCUT2D eigenvalue weighted by atomic mass is 9.91. The number of hydrogen-bond donors (Lipinski definition) is 3. The van der Waals surface area contributed by atoms with Crippen LogP contribution in [-0.2, 0) is 32.2 Å². The number of thioether (sulfide) groups is 1. The number of ether oxygens (including phenoxy) is 3. The molecule has 4 aromatic carbocycles. The average Bonchev–Trinajstić information content (AvgIpc) is 3.65. The molecule has 0 radical (unpaired) electrons. The molecule has 264 valence electrons. The maximum Gasteiger partial charge on any atom is 0.325 e. The van der Waals surface area contributed by atoms with E-state index in [1.165, 1.54) is 11.8 Å². The Kier molecular flexibility index (Phi) is 12.1. The van der Waals surface area contributed by atoms with Crippen LogP contribution < -0.4 is 10.6 Å². The van der Waals surface area contributed by atoms with Crippen LogP contribution in [-0.4, -0.2) is 62.3 Å². The van der Waals surface area contributed by atoms with Gasteiger partial charge in [0.25, 0.3) is 0 Å². The second-order valence-corrected chi connectivity index (χ2v) is 13.0. The molecule has 0 aliphatic carbocycles. The highest BCUT2D eigenvalue weighted by Gasteiger charge is 2.38. The Morgan fingerprint density at radius 2 is 1.65 bits per heavy atom. The van der Waals surface area contributed by atoms with Crippen LogP contribution in [0.1, 0.15) is 48.5 Å². The van der Waals surface area contributed by atoms with Gasteiger partial charge in [-0.15, -0.1) is 5.10 Å². The zero-order chi connectivity index (χ0) is 35.6. The number of aromatic nitrogens is 4. The van der Waals surface area contributed by atoms with E-state index in [0.717, 1.165) is 39.1 Å². The van der Waals surface area contributed by atoms with Crippen molar-refractivity contribution in [2.24, 2.45) is 5.92 Å². The fraction of sp³-hybridized carbons (Fsp3) is 0.289. The maximum atomic E-state index is 12.2. The molecule has 1 aromatic heterocycles. The molecule has 0 saturated carbocycles. The molecule has 1 aliphatic rings. The third-order valence-electron chi connectivity index (χ3n) is 8.51. The van der Waals surface area contributed by atoms with Crippen LogP contribution in [0, 0.1) is 5.92 Å². The zero-order valence-electron chi connectivity index (χ0n) is 28.3. The number of rotatable bonds is 13. The third-order valence-corrected chi connectivity index (χ3v) is 9.52. The number of nitrogens with one attached hydrogen (secondary N) is 2. The smallest absolute Gasteiger partial charge is 0.325 e. The van der Waals surface area contributed by atoms with Crippen LogP contribution in [0.2, 0.25) is 0 Å². The van der Waals surface area contributed by atoms with E-state index in [9.17, 15) is 14.7 Å². The molecule has 2 amide bonds. The summed E-state index contributed by atoms with van der Waals surface area (Å²) in [6.07, 6.45) is -1.15. The summed E-state index contributed by atoms with van der Waals surface area (Å²) in [5, 5.41) is 28.0. The summed E-state index contributed by atoms with van der Waals surface area (Å²) < 4.78 is 20.0. The summed E-state index contributed by atoms with van der Waals surface area (Å²) in [7, 11) is 0. The first-order valence-corrected chi connectivity index (χ1v) is 17.7. The SMILES string of the molecule is CCOC(=O)CNC(=O)NCc1cccc(-c2cccc([C@@H]3O[C@H](CSc4nnnn4-c4ccccc4)[C@H](C)[C@H](c4ccc(CO)cc4)O3)c2)c1. The van der Waals surface area contributed by atoms with Crippen LogP contribution in [0.5, 0.6) is 0 Å². The van der Waals surface area contributed by atoms with Gasteiger partial charge in [-0.25, -0.2) is 4.79 Å². The Morgan fingerprint density at radius 1 is 0.882 bits per heavy atom. The Bertz CT molecular complexity index is 1910. The number of nitrogens with zero attached hydrogens (tertiary/aromatic N) is 4. The summed E-state index contributed by atoms with van der Waals surface area (Å²) in [6.45, 7) is 4.14. The zero-order valence-corrected chi connectivity index (χ0v) is 29.2. The van der Waals surface area contributed by atoms with Crippen molar-refractivity contribution in [3.8, 4) is 16.8 Å². The molecule has 0 unspecified atom stereocenters. The van der Waals surface area contributed by atoms with Crippen molar-refractivity contribution in [3.05, 3.63) is 125 Å². The van der Waals surface area contributed by atoms with Crippen LogP contribution in [0.4, 0.5) is 4.79 Å². The number of hydrogen-bond acceptors (Lipinski definition) is 10. The van der Waals surface area contributed by atoms with Gasteiger partial charge in [-0.05, 0) is 69.4 Å². The van der Waals surface area contributed by atoms with Gasteiger partial charge in [-0.1, -0.05) is 97.5 Å². The molecule has 51 heavy (non-hydrogen) atoms. The highest BCUT2D eigenvalue weighted by Crippen LogP contribution is 2.43. The molecule has 13 heteroatoms. The number of aliphatic hydroxyl groups is 1. The van der Waals surface area contributed by atoms with Gasteiger partial charge in [-0.3, -0.25) is 4.79 Å². The van der Waals surface area contributed by atoms with E-state index >= 15 is 0 Å². The Morgan fingerprint density at radius 3 is 2.41 bits per heavy atom. The minimum Gasteiger partial charge on any atom is -0.465 e. The van der Waals surface area contributed by atoms with Gasteiger partial charge in [0.1, 0.15) is 6.54 Å². The Balaban J connectivity index is 1.19. The van der Waals surface area contributed by atoms with Crippen LogP contribution in [0.15, 0.2) is 108 Å². The molecule has 0 bridgehead atoms. The first kappa shape index (κ1) is 35.7. The molecular weight excluding hydrogens is 669 g/mol. The average molecular weight is 709 g/mol. The molecule has 1 aliphatic heterocycles. The van der Waals surface area contributed by atoms with Crippen LogP contribution in [0.3, 0.4) is 0 Å². The second-order valence-electron chi connectivity index (χ2n) is 12.0. The van der Waals surface area contributed by atoms with Crippen molar-refractivity contribution in [2.75, 3.05) is 18.9 Å². The summed E-state index contributed by atoms with van der Waals surface area (Å²) in [6, 6.07) is 33.1. The molecular formula is C38H40N6O6S. The standard InChI is InChI=1S/C38H40N6O6S/c1-3-48-34(46)22-40-37(47)39-21-27-9-7-10-29(19-27)30-11-8-12-31(20-30)36-49-33(25(2)35(50-36)28-17-15-26(23-45)16-18-28)24-51-38-41-42-43-44(38)32-13-5-4-6-14-32/h4-20,25,33,35-36,45H,3,21-24H2,1-2H3,(H2,39,40,47)/t25-,33+,35+,36+/m0/s1. The van der Waals surface area contributed by atoms with Crippen molar-refractivity contribution in [2.45, 2.75) is 50.7 Å². The van der Waals surface area contributed by atoms with Gasteiger partial charge >= 0.3 is 12.0 Å². The fourth-order valence-corrected chi connectivity index (χ4v) is 6.86. The van der Waals surface area contributed by atoms with Crippen molar-refractivity contribution in [1.29, 1.82) is 0 Å². The molecule has 2 heterocycles. The number of aliphatic hydroxyl groups excluding tert-OH is 1. The van der Waals surface area contributed by atoms with Crippen LogP contribution >= 0.6 is 11.8 Å². The quantitative estimate of drug-likeness (QED) is 0.102. The van der Waals surface area contributed by atoms with Gasteiger partial charge in [-0.2, -0.15) is 4.68 Å². The largest absolute Gasteiger partial charge is 0.465 e. The normalized spacial score (nSPS) is 18.6.